The Labute approximate surface area is 154 Å². The first kappa shape index (κ1) is 16.9. The third-order valence-electron chi connectivity index (χ3n) is 4.60. The zero-order chi connectivity index (χ0) is 17.9. The van der Waals surface area contributed by atoms with E-state index in [-0.39, 0.29) is 18.0 Å². The van der Waals surface area contributed by atoms with E-state index in [2.05, 4.69) is 32.7 Å². The minimum absolute atomic E-state index is 0.0679. The monoisotopic (exact) mass is 369 g/mol. The molecule has 1 amide bonds. The van der Waals surface area contributed by atoms with Crippen LogP contribution in [0.4, 0.5) is 0 Å². The lowest BCUT2D eigenvalue weighted by molar-refractivity contribution is -0.134. The van der Waals surface area contributed by atoms with Crippen molar-refractivity contribution in [1.82, 2.24) is 24.8 Å². The number of rotatable bonds is 4. The summed E-state index contributed by atoms with van der Waals surface area (Å²) >= 11 is 1.75. The van der Waals surface area contributed by atoms with Crippen LogP contribution in [0.1, 0.15) is 4.88 Å². The van der Waals surface area contributed by atoms with Crippen LogP contribution in [0, 0.1) is 0 Å². The fourth-order valence-corrected chi connectivity index (χ4v) is 3.88. The van der Waals surface area contributed by atoms with Crippen LogP contribution in [0.3, 0.4) is 0 Å². The Balaban J connectivity index is 1.38. The van der Waals surface area contributed by atoms with Crippen molar-refractivity contribution in [3.05, 3.63) is 57.0 Å². The summed E-state index contributed by atoms with van der Waals surface area (Å²) < 4.78 is 1.16. The first-order valence-corrected chi connectivity index (χ1v) is 9.44. The molecule has 26 heavy (non-hydrogen) atoms. The van der Waals surface area contributed by atoms with E-state index in [9.17, 15) is 9.59 Å². The maximum atomic E-state index is 12.6. The molecule has 0 spiro atoms. The van der Waals surface area contributed by atoms with Crippen molar-refractivity contribution in [1.29, 1.82) is 0 Å². The number of carbonyl (C=O) groups is 1. The molecule has 3 heterocycles. The van der Waals surface area contributed by atoms with Gasteiger partial charge in [0.2, 0.25) is 5.91 Å². The number of piperazine rings is 1. The molecule has 4 rings (SSSR count). The number of amides is 1. The zero-order valence-corrected chi connectivity index (χ0v) is 15.1. The van der Waals surface area contributed by atoms with Gasteiger partial charge in [-0.15, -0.1) is 16.4 Å². The molecule has 0 unspecified atom stereocenters. The summed E-state index contributed by atoms with van der Waals surface area (Å²) in [5.41, 5.74) is 0.267. The number of benzene rings is 1. The first-order chi connectivity index (χ1) is 12.7. The van der Waals surface area contributed by atoms with Gasteiger partial charge in [0.25, 0.3) is 5.56 Å². The van der Waals surface area contributed by atoms with Crippen molar-refractivity contribution in [2.45, 2.75) is 13.1 Å². The van der Waals surface area contributed by atoms with Gasteiger partial charge in [-0.25, -0.2) is 4.68 Å². The highest BCUT2D eigenvalue weighted by Gasteiger charge is 2.22. The van der Waals surface area contributed by atoms with Gasteiger partial charge in [0.05, 0.1) is 5.39 Å². The van der Waals surface area contributed by atoms with Gasteiger partial charge < -0.3 is 4.90 Å². The summed E-state index contributed by atoms with van der Waals surface area (Å²) in [6.07, 6.45) is 0. The van der Waals surface area contributed by atoms with Gasteiger partial charge in [-0.1, -0.05) is 23.4 Å². The third-order valence-corrected chi connectivity index (χ3v) is 5.46. The summed E-state index contributed by atoms with van der Waals surface area (Å²) in [6.45, 7) is 3.86. The summed E-state index contributed by atoms with van der Waals surface area (Å²) in [7, 11) is 0. The van der Waals surface area contributed by atoms with E-state index in [1.54, 1.807) is 34.4 Å². The maximum Gasteiger partial charge on any atom is 0.278 e. The van der Waals surface area contributed by atoms with E-state index >= 15 is 0 Å². The van der Waals surface area contributed by atoms with Crippen LogP contribution in [0.15, 0.2) is 46.6 Å². The second-order valence-electron chi connectivity index (χ2n) is 6.31. The minimum atomic E-state index is -0.278. The zero-order valence-electron chi connectivity index (χ0n) is 14.2. The Morgan fingerprint density at radius 3 is 2.65 bits per heavy atom. The molecule has 1 aliphatic heterocycles. The van der Waals surface area contributed by atoms with Gasteiger partial charge >= 0.3 is 0 Å². The van der Waals surface area contributed by atoms with Crippen molar-refractivity contribution in [2.75, 3.05) is 26.2 Å². The highest BCUT2D eigenvalue weighted by Crippen LogP contribution is 2.13. The lowest BCUT2D eigenvalue weighted by atomic mass is 10.2. The molecule has 2 aromatic heterocycles. The van der Waals surface area contributed by atoms with E-state index < -0.39 is 0 Å². The number of carbonyl (C=O) groups excluding carboxylic acids is 1. The van der Waals surface area contributed by atoms with E-state index in [0.29, 0.717) is 24.0 Å². The fraction of sp³-hybridized carbons (Fsp3) is 0.333. The molecule has 1 fully saturated rings. The van der Waals surface area contributed by atoms with Gasteiger partial charge in [0.1, 0.15) is 12.1 Å². The largest absolute Gasteiger partial charge is 0.339 e. The lowest BCUT2D eigenvalue weighted by Crippen LogP contribution is -2.49. The molecule has 3 aromatic rings. The number of aromatic nitrogens is 3. The molecule has 1 aromatic carbocycles. The molecule has 0 aliphatic carbocycles. The summed E-state index contributed by atoms with van der Waals surface area (Å²) in [5, 5.41) is 10.5. The van der Waals surface area contributed by atoms with Crippen LogP contribution in [-0.2, 0) is 17.9 Å². The second-order valence-corrected chi connectivity index (χ2v) is 7.34. The highest BCUT2D eigenvalue weighted by atomic mass is 32.1. The first-order valence-electron chi connectivity index (χ1n) is 8.56. The van der Waals surface area contributed by atoms with Crippen LogP contribution in [0.2, 0.25) is 0 Å². The molecule has 0 radical (unpaired) electrons. The molecule has 134 valence electrons. The summed E-state index contributed by atoms with van der Waals surface area (Å²) in [6, 6.07) is 11.2. The van der Waals surface area contributed by atoms with Gasteiger partial charge in [-0.05, 0) is 23.6 Å². The molecule has 1 saturated heterocycles. The normalized spacial score (nSPS) is 15.5. The van der Waals surface area contributed by atoms with Crippen molar-refractivity contribution >= 4 is 28.1 Å². The Morgan fingerprint density at radius 2 is 1.88 bits per heavy atom. The van der Waals surface area contributed by atoms with Crippen LogP contribution in [0.25, 0.3) is 10.9 Å². The van der Waals surface area contributed by atoms with E-state index in [1.807, 2.05) is 6.07 Å². The Morgan fingerprint density at radius 1 is 1.08 bits per heavy atom. The summed E-state index contributed by atoms with van der Waals surface area (Å²) in [5.74, 6) is -0.0903. The minimum Gasteiger partial charge on any atom is -0.339 e. The number of nitrogens with zero attached hydrogens (tertiary/aromatic N) is 5. The van der Waals surface area contributed by atoms with Crippen LogP contribution >= 0.6 is 11.3 Å². The van der Waals surface area contributed by atoms with Crippen molar-refractivity contribution in [2.24, 2.45) is 0 Å². The van der Waals surface area contributed by atoms with Crippen LogP contribution in [-0.4, -0.2) is 56.9 Å². The SMILES string of the molecule is O=C(Cn1nnc2ccccc2c1=O)N1CCN(Cc2cccs2)CC1. The number of hydrogen-bond donors (Lipinski definition) is 0. The highest BCUT2D eigenvalue weighted by molar-refractivity contribution is 7.09. The molecule has 0 saturated carbocycles. The standard InChI is InChI=1S/C18H19N5O2S/c24-17(13-23-18(25)15-5-1-2-6-16(15)19-20-23)22-9-7-21(8-10-22)12-14-4-3-11-26-14/h1-6,11H,7-10,12-13H2. The third kappa shape index (κ3) is 3.51. The fourth-order valence-electron chi connectivity index (χ4n) is 3.13. The van der Waals surface area contributed by atoms with Gasteiger partial charge in [-0.3, -0.25) is 14.5 Å². The number of fused-ring (bicyclic) bond motifs is 1. The molecule has 8 heteroatoms. The van der Waals surface area contributed by atoms with E-state index in [4.69, 9.17) is 0 Å². The number of hydrogen-bond acceptors (Lipinski definition) is 6. The number of thiophene rings is 1. The molecular formula is C18H19N5O2S. The quantitative estimate of drug-likeness (QED) is 0.691. The van der Waals surface area contributed by atoms with Crippen molar-refractivity contribution < 1.29 is 4.79 Å². The second kappa shape index (κ2) is 7.35. The van der Waals surface area contributed by atoms with Crippen LogP contribution < -0.4 is 5.56 Å². The summed E-state index contributed by atoms with van der Waals surface area (Å²) in [4.78, 5) is 30.5. The molecule has 0 bridgehead atoms. The predicted molar refractivity (Wildman–Crippen MR) is 100.0 cm³/mol. The van der Waals surface area contributed by atoms with E-state index in [0.717, 1.165) is 24.3 Å². The van der Waals surface area contributed by atoms with Crippen molar-refractivity contribution in [3.63, 3.8) is 0 Å². The Bertz CT molecular complexity index is 961. The van der Waals surface area contributed by atoms with E-state index in [1.165, 1.54) is 4.88 Å². The molecule has 0 N–H and O–H groups in total. The predicted octanol–water partition coefficient (Wildman–Crippen LogP) is 1.20. The lowest BCUT2D eigenvalue weighted by Gasteiger charge is -2.34. The smallest absolute Gasteiger partial charge is 0.278 e. The Kier molecular flexibility index (Phi) is 4.77. The topological polar surface area (TPSA) is 71.3 Å². The average molecular weight is 369 g/mol. The van der Waals surface area contributed by atoms with Gasteiger partial charge in [0, 0.05) is 37.6 Å². The van der Waals surface area contributed by atoms with Gasteiger partial charge in [-0.2, -0.15) is 0 Å². The molecule has 1 aliphatic rings. The maximum absolute atomic E-state index is 12.6. The van der Waals surface area contributed by atoms with Crippen LogP contribution in [0.5, 0.6) is 0 Å². The molecular weight excluding hydrogens is 350 g/mol. The Hall–Kier alpha value is -2.58. The van der Waals surface area contributed by atoms with Gasteiger partial charge in [0.15, 0.2) is 0 Å². The molecule has 7 nitrogen and oxygen atoms in total. The average Bonchev–Trinajstić information content (AvgIpc) is 3.18. The van der Waals surface area contributed by atoms with Crippen molar-refractivity contribution in [3.8, 4) is 0 Å². The molecule has 0 atom stereocenters.